The van der Waals surface area contributed by atoms with Crippen LogP contribution in [0.3, 0.4) is 0 Å². The summed E-state index contributed by atoms with van der Waals surface area (Å²) in [5.41, 5.74) is 1.73. The van der Waals surface area contributed by atoms with Gasteiger partial charge in [-0.15, -0.1) is 0 Å². The van der Waals surface area contributed by atoms with Gasteiger partial charge in [-0.3, -0.25) is 13.9 Å². The lowest BCUT2D eigenvalue weighted by Crippen LogP contribution is -2.56. The number of nitrogens with zero attached hydrogens (tertiary/aromatic N) is 2. The summed E-state index contributed by atoms with van der Waals surface area (Å²) in [6.07, 6.45) is 0.163. The molecule has 46 heavy (non-hydrogen) atoms. The first-order valence-corrected chi connectivity index (χ1v) is 17.2. The van der Waals surface area contributed by atoms with Gasteiger partial charge in [-0.1, -0.05) is 101 Å². The number of amides is 2. The molecule has 0 saturated carbocycles. The normalized spacial score (nSPS) is 12.3. The number of hydrogen-bond acceptors (Lipinski definition) is 4. The molecule has 0 spiro atoms. The highest BCUT2D eigenvalue weighted by Gasteiger charge is 2.36. The minimum Gasteiger partial charge on any atom is -0.350 e. The number of sulfonamides is 1. The molecule has 0 aliphatic rings. The van der Waals surface area contributed by atoms with Crippen LogP contribution in [-0.2, 0) is 32.6 Å². The Morgan fingerprint density at radius 1 is 0.826 bits per heavy atom. The number of aryl methyl sites for hydroxylation is 1. The lowest BCUT2D eigenvalue weighted by molar-refractivity contribution is -0.140. The minimum absolute atomic E-state index is 0.00979. The molecule has 0 bridgehead atoms. The molecular weight excluding hydrogens is 665 g/mol. The monoisotopic (exact) mass is 699 g/mol. The Bertz CT molecular complexity index is 1790. The molecule has 242 valence electrons. The maximum atomic E-state index is 14.6. The van der Waals surface area contributed by atoms with E-state index in [4.69, 9.17) is 34.8 Å². The summed E-state index contributed by atoms with van der Waals surface area (Å²) in [5.74, 6) is -1.04. The molecule has 1 atom stereocenters. The number of halogens is 3. The first-order chi connectivity index (χ1) is 21.7. The van der Waals surface area contributed by atoms with E-state index in [0.717, 1.165) is 15.4 Å². The van der Waals surface area contributed by atoms with E-state index >= 15 is 0 Å². The first kappa shape index (κ1) is 35.3. The number of carbonyl (C=O) groups is 2. The number of benzene rings is 4. The molecular formula is C35H36Cl3N3O4S. The van der Waals surface area contributed by atoms with Crippen molar-refractivity contribution in [1.29, 1.82) is 0 Å². The van der Waals surface area contributed by atoms with E-state index in [1.165, 1.54) is 23.1 Å². The van der Waals surface area contributed by atoms with Crippen molar-refractivity contribution in [1.82, 2.24) is 10.2 Å². The Morgan fingerprint density at radius 2 is 1.46 bits per heavy atom. The molecule has 0 saturated heterocycles. The van der Waals surface area contributed by atoms with Gasteiger partial charge in [-0.2, -0.15) is 0 Å². The van der Waals surface area contributed by atoms with Crippen molar-refractivity contribution in [3.8, 4) is 0 Å². The summed E-state index contributed by atoms with van der Waals surface area (Å²) in [5, 5.41) is 3.85. The maximum absolute atomic E-state index is 14.6. The Kier molecular flexibility index (Phi) is 11.4. The lowest BCUT2D eigenvalue weighted by Gasteiger charge is -2.35. The molecule has 1 N–H and O–H groups in total. The second-order valence-corrected chi connectivity index (χ2v) is 15.1. The minimum atomic E-state index is -4.28. The molecule has 11 heteroatoms. The summed E-state index contributed by atoms with van der Waals surface area (Å²) in [6.45, 7) is 6.66. The van der Waals surface area contributed by atoms with Gasteiger partial charge in [0.1, 0.15) is 12.6 Å². The molecule has 0 radical (unpaired) electrons. The van der Waals surface area contributed by atoms with E-state index in [2.05, 4.69) is 5.32 Å². The van der Waals surface area contributed by atoms with Gasteiger partial charge in [0.25, 0.3) is 10.0 Å². The summed E-state index contributed by atoms with van der Waals surface area (Å²) >= 11 is 19.3. The predicted octanol–water partition coefficient (Wildman–Crippen LogP) is 7.71. The van der Waals surface area contributed by atoms with Crippen molar-refractivity contribution in [2.75, 3.05) is 10.8 Å². The van der Waals surface area contributed by atoms with E-state index in [9.17, 15) is 18.0 Å². The third kappa shape index (κ3) is 9.04. The van der Waals surface area contributed by atoms with E-state index in [-0.39, 0.29) is 28.6 Å². The van der Waals surface area contributed by atoms with E-state index < -0.39 is 40.0 Å². The van der Waals surface area contributed by atoms with Crippen molar-refractivity contribution >= 4 is 62.3 Å². The average Bonchev–Trinajstić information content (AvgIpc) is 2.99. The zero-order chi connectivity index (χ0) is 33.6. The lowest BCUT2D eigenvalue weighted by atomic mass is 10.0. The number of para-hydroxylation sites is 1. The van der Waals surface area contributed by atoms with Gasteiger partial charge in [-0.25, -0.2) is 8.42 Å². The Hall–Kier alpha value is -3.56. The zero-order valence-corrected chi connectivity index (χ0v) is 29.1. The van der Waals surface area contributed by atoms with Crippen LogP contribution in [0.1, 0.15) is 37.5 Å². The first-order valence-electron chi connectivity index (χ1n) is 14.6. The largest absolute Gasteiger partial charge is 0.350 e. The molecule has 0 heterocycles. The summed E-state index contributed by atoms with van der Waals surface area (Å²) < 4.78 is 29.3. The Morgan fingerprint density at radius 3 is 2.07 bits per heavy atom. The molecule has 4 rings (SSSR count). The van der Waals surface area contributed by atoms with E-state index in [1.807, 2.05) is 58.0 Å². The van der Waals surface area contributed by atoms with Crippen molar-refractivity contribution in [3.63, 3.8) is 0 Å². The van der Waals surface area contributed by atoms with Crippen LogP contribution >= 0.6 is 34.8 Å². The summed E-state index contributed by atoms with van der Waals surface area (Å²) in [6, 6.07) is 25.9. The van der Waals surface area contributed by atoms with Crippen molar-refractivity contribution in [3.05, 3.63) is 129 Å². The molecule has 0 aromatic heterocycles. The van der Waals surface area contributed by atoms with Crippen molar-refractivity contribution < 1.29 is 18.0 Å². The van der Waals surface area contributed by atoms with Crippen LogP contribution in [0, 0.1) is 6.92 Å². The number of rotatable bonds is 11. The standard InChI is InChI=1S/C35H36Cl3N3O4S/c1-24-14-18-28(19-15-24)46(44,45)41(31-13-9-8-12-29(31)37)23-33(42)40(22-26-16-17-27(36)21-30(26)38)32(34(43)39-35(2,3)4)20-25-10-6-5-7-11-25/h5-19,21,32H,20,22-23H2,1-4H3,(H,39,43)/t32-/m1/s1. The molecule has 4 aromatic carbocycles. The molecule has 7 nitrogen and oxygen atoms in total. The molecule has 0 unspecified atom stereocenters. The topological polar surface area (TPSA) is 86.8 Å². The molecule has 0 aliphatic heterocycles. The highest BCUT2D eigenvalue weighted by Crippen LogP contribution is 2.31. The number of anilines is 1. The van der Waals surface area contributed by atoms with Gasteiger partial charge in [-0.05, 0) is 75.2 Å². The van der Waals surface area contributed by atoms with Crippen molar-refractivity contribution in [2.45, 2.75) is 57.1 Å². The number of nitrogens with one attached hydrogen (secondary N) is 1. The van der Waals surface area contributed by atoms with Crippen LogP contribution in [-0.4, -0.2) is 43.3 Å². The number of carbonyl (C=O) groups excluding carboxylic acids is 2. The fourth-order valence-corrected chi connectivity index (χ4v) is 7.03. The smallest absolute Gasteiger partial charge is 0.264 e. The fourth-order valence-electron chi connectivity index (χ4n) is 4.85. The zero-order valence-electron chi connectivity index (χ0n) is 26.0. The van der Waals surface area contributed by atoms with Crippen LogP contribution in [0.2, 0.25) is 15.1 Å². The highest BCUT2D eigenvalue weighted by atomic mass is 35.5. The quantitative estimate of drug-likeness (QED) is 0.174. The van der Waals surface area contributed by atoms with Gasteiger partial charge in [0.15, 0.2) is 0 Å². The highest BCUT2D eigenvalue weighted by molar-refractivity contribution is 7.92. The predicted molar refractivity (Wildman–Crippen MR) is 186 cm³/mol. The van der Waals surface area contributed by atoms with Crippen LogP contribution in [0.15, 0.2) is 102 Å². The second kappa shape index (κ2) is 14.9. The van der Waals surface area contributed by atoms with Crippen LogP contribution < -0.4 is 9.62 Å². The van der Waals surface area contributed by atoms with E-state index in [0.29, 0.717) is 15.6 Å². The molecule has 2 amide bonds. The van der Waals surface area contributed by atoms with Crippen molar-refractivity contribution in [2.24, 2.45) is 0 Å². The van der Waals surface area contributed by atoms with Gasteiger partial charge in [0.05, 0.1) is 15.6 Å². The number of hydrogen-bond donors (Lipinski definition) is 1. The fraction of sp³-hybridized carbons (Fsp3) is 0.257. The summed E-state index contributed by atoms with van der Waals surface area (Å²) in [4.78, 5) is 29.9. The van der Waals surface area contributed by atoms with Gasteiger partial charge in [0.2, 0.25) is 11.8 Å². The van der Waals surface area contributed by atoms with Crippen LogP contribution in [0.5, 0.6) is 0 Å². The Balaban J connectivity index is 1.85. The van der Waals surface area contributed by atoms with Gasteiger partial charge in [0, 0.05) is 28.5 Å². The Labute approximate surface area is 286 Å². The second-order valence-electron chi connectivity index (χ2n) is 12.0. The van der Waals surface area contributed by atoms with E-state index in [1.54, 1.807) is 48.5 Å². The van der Waals surface area contributed by atoms with Crippen LogP contribution in [0.25, 0.3) is 0 Å². The average molecular weight is 701 g/mol. The SMILES string of the molecule is Cc1ccc(S(=O)(=O)N(CC(=O)N(Cc2ccc(Cl)cc2Cl)[C@H](Cc2ccccc2)C(=O)NC(C)(C)C)c2ccccc2Cl)cc1. The maximum Gasteiger partial charge on any atom is 0.264 e. The van der Waals surface area contributed by atoms with Gasteiger partial charge >= 0.3 is 0 Å². The molecule has 0 fully saturated rings. The van der Waals surface area contributed by atoms with Gasteiger partial charge < -0.3 is 10.2 Å². The third-order valence-corrected chi connectivity index (χ3v) is 9.81. The third-order valence-electron chi connectivity index (χ3n) is 7.13. The van der Waals surface area contributed by atoms with Crippen LogP contribution in [0.4, 0.5) is 5.69 Å². The summed E-state index contributed by atoms with van der Waals surface area (Å²) in [7, 11) is -4.28. The molecule has 4 aromatic rings. The molecule has 0 aliphatic carbocycles.